The van der Waals surface area contributed by atoms with Gasteiger partial charge in [-0.3, -0.25) is 4.79 Å². The third-order valence-corrected chi connectivity index (χ3v) is 6.43. The monoisotopic (exact) mass is 473 g/mol. The maximum atomic E-state index is 13.0. The Hall–Kier alpha value is -3.15. The minimum absolute atomic E-state index is 0.115. The van der Waals surface area contributed by atoms with Crippen LogP contribution < -0.4 is 10.6 Å². The number of phenolic OH excluding ortho intramolecular Hbond substituents is 1. The summed E-state index contributed by atoms with van der Waals surface area (Å²) < 4.78 is 25.8. The van der Waals surface area contributed by atoms with Gasteiger partial charge in [0.1, 0.15) is 11.5 Å². The van der Waals surface area contributed by atoms with Gasteiger partial charge in [0.05, 0.1) is 29.9 Å². The van der Waals surface area contributed by atoms with Crippen molar-refractivity contribution in [3.8, 4) is 5.75 Å². The SMILES string of the molecule is CC[C@@H](Nc1n[s+]([O-])nc1Nc1cccc(C(=O)N2CCC[C@H]2CO)c1O)c1ccc(C)o1. The lowest BCUT2D eigenvalue weighted by Gasteiger charge is -2.23. The van der Waals surface area contributed by atoms with Gasteiger partial charge >= 0.3 is 0 Å². The van der Waals surface area contributed by atoms with Crippen molar-refractivity contribution in [1.82, 2.24) is 13.6 Å². The smallest absolute Gasteiger partial charge is 0.258 e. The number of anilines is 3. The Morgan fingerprint density at radius 2 is 2.12 bits per heavy atom. The van der Waals surface area contributed by atoms with E-state index in [1.807, 2.05) is 26.0 Å². The number of hydrogen-bond donors (Lipinski definition) is 4. The lowest BCUT2D eigenvalue weighted by molar-refractivity contribution is 0.0674. The van der Waals surface area contributed by atoms with Crippen LogP contribution >= 0.6 is 11.1 Å². The van der Waals surface area contributed by atoms with E-state index in [4.69, 9.17) is 4.42 Å². The lowest BCUT2D eigenvalue weighted by Crippen LogP contribution is -2.37. The van der Waals surface area contributed by atoms with E-state index in [0.717, 1.165) is 18.6 Å². The van der Waals surface area contributed by atoms with E-state index in [-0.39, 0.29) is 53.2 Å². The largest absolute Gasteiger partial charge is 0.546 e. The van der Waals surface area contributed by atoms with E-state index >= 15 is 0 Å². The van der Waals surface area contributed by atoms with E-state index in [1.54, 1.807) is 17.0 Å². The highest BCUT2D eigenvalue weighted by Crippen LogP contribution is 2.36. The molecule has 4 N–H and O–H groups in total. The van der Waals surface area contributed by atoms with Gasteiger partial charge in [-0.25, -0.2) is 0 Å². The molecular weight excluding hydrogens is 446 g/mol. The number of aliphatic hydroxyl groups is 1. The first-order valence-electron chi connectivity index (χ1n) is 10.8. The van der Waals surface area contributed by atoms with E-state index < -0.39 is 11.1 Å². The van der Waals surface area contributed by atoms with E-state index in [0.29, 0.717) is 18.7 Å². The minimum atomic E-state index is -1.82. The Labute approximate surface area is 194 Å². The average Bonchev–Trinajstić information content (AvgIpc) is 3.53. The standard InChI is InChI=1S/C22H27N5O5S/c1-3-16(18-10-9-13(2)32-18)23-20-21(26-33(31)25-20)24-17-8-4-7-15(19(17)29)22(30)27-11-5-6-14(27)12-28/h4,7-10,14,16,28-29H,3,5-6,11-12H2,1-2H3,(H,23,25)(H,24,26)/t14-,16+,33?/m0/s1. The first kappa shape index (κ1) is 23.0. The number of nitrogens with zero attached hydrogens (tertiary/aromatic N) is 3. The fourth-order valence-corrected chi connectivity index (χ4v) is 4.64. The van der Waals surface area contributed by atoms with E-state index in [2.05, 4.69) is 19.4 Å². The van der Waals surface area contributed by atoms with Gasteiger partial charge in [0, 0.05) is 15.3 Å². The van der Waals surface area contributed by atoms with Gasteiger partial charge < -0.3 is 34.7 Å². The number of nitrogens with one attached hydrogen (secondary N) is 2. The predicted molar refractivity (Wildman–Crippen MR) is 123 cm³/mol. The Balaban J connectivity index is 1.57. The number of aryl methyl sites for hydroxylation is 1. The lowest BCUT2D eigenvalue weighted by atomic mass is 10.1. The van der Waals surface area contributed by atoms with Gasteiger partial charge in [0.2, 0.25) is 11.6 Å². The molecule has 10 nitrogen and oxygen atoms in total. The summed E-state index contributed by atoms with van der Waals surface area (Å²) in [6.07, 6.45) is 2.21. The second kappa shape index (κ2) is 9.77. The average molecular weight is 474 g/mol. The molecular formula is C22H27N5O5S. The number of hydrogen-bond acceptors (Lipinski definition) is 9. The second-order valence-corrected chi connectivity index (χ2v) is 8.79. The summed E-state index contributed by atoms with van der Waals surface area (Å²) in [5.41, 5.74) is 0.346. The van der Waals surface area contributed by atoms with Crippen molar-refractivity contribution in [2.24, 2.45) is 0 Å². The summed E-state index contributed by atoms with van der Waals surface area (Å²) in [6.45, 7) is 4.24. The summed E-state index contributed by atoms with van der Waals surface area (Å²) in [7, 11) is 0. The van der Waals surface area contributed by atoms with Crippen LogP contribution in [0.1, 0.15) is 54.1 Å². The van der Waals surface area contributed by atoms with Gasteiger partial charge in [0.25, 0.3) is 5.91 Å². The molecule has 3 heterocycles. The zero-order chi connectivity index (χ0) is 23.5. The Morgan fingerprint density at radius 3 is 2.82 bits per heavy atom. The highest BCUT2D eigenvalue weighted by atomic mass is 32.2. The number of carbonyl (C=O) groups is 1. The third kappa shape index (κ3) is 4.80. The van der Waals surface area contributed by atoms with Gasteiger partial charge in [-0.2, -0.15) is 0 Å². The van der Waals surface area contributed by atoms with Crippen LogP contribution in [0.5, 0.6) is 5.75 Å². The van der Waals surface area contributed by atoms with Crippen LogP contribution in [0.3, 0.4) is 0 Å². The molecule has 11 heteroatoms. The Morgan fingerprint density at radius 1 is 1.33 bits per heavy atom. The van der Waals surface area contributed by atoms with Crippen molar-refractivity contribution in [2.45, 2.75) is 45.2 Å². The highest BCUT2D eigenvalue weighted by molar-refractivity contribution is 7.14. The van der Waals surface area contributed by atoms with Gasteiger partial charge in [-0.05, 0) is 50.5 Å². The van der Waals surface area contributed by atoms with Crippen LogP contribution in [-0.4, -0.2) is 53.5 Å². The van der Waals surface area contributed by atoms with Crippen molar-refractivity contribution >= 4 is 34.4 Å². The molecule has 33 heavy (non-hydrogen) atoms. The summed E-state index contributed by atoms with van der Waals surface area (Å²) in [6, 6.07) is 8.02. The fourth-order valence-electron chi connectivity index (χ4n) is 4.01. The predicted octanol–water partition coefficient (Wildman–Crippen LogP) is 3.71. The van der Waals surface area contributed by atoms with Crippen LogP contribution in [0.15, 0.2) is 34.7 Å². The first-order valence-corrected chi connectivity index (χ1v) is 11.9. The van der Waals surface area contributed by atoms with Crippen LogP contribution in [0, 0.1) is 6.92 Å². The number of amides is 1. The summed E-state index contributed by atoms with van der Waals surface area (Å²) >= 11 is -1.82. The Bertz CT molecular complexity index is 1130. The number of aliphatic hydroxyl groups excluding tert-OH is 1. The number of carbonyl (C=O) groups excluding carboxylic acids is 1. The molecule has 0 bridgehead atoms. The van der Waals surface area contributed by atoms with Crippen molar-refractivity contribution in [3.63, 3.8) is 0 Å². The Kier molecular flexibility index (Phi) is 6.82. The number of likely N-dealkylation sites (tertiary alicyclic amines) is 1. The summed E-state index contributed by atoms with van der Waals surface area (Å²) in [4.78, 5) is 14.6. The molecule has 0 saturated carbocycles. The molecule has 1 saturated heterocycles. The molecule has 1 aromatic carbocycles. The second-order valence-electron chi connectivity index (χ2n) is 7.97. The van der Waals surface area contributed by atoms with Crippen LogP contribution in [0.4, 0.5) is 17.3 Å². The van der Waals surface area contributed by atoms with Crippen LogP contribution in [-0.2, 0) is 0 Å². The maximum absolute atomic E-state index is 13.0. The molecule has 4 rings (SSSR count). The van der Waals surface area contributed by atoms with Gasteiger partial charge in [-0.15, -0.1) is 0 Å². The number of benzene rings is 1. The van der Waals surface area contributed by atoms with Crippen molar-refractivity contribution in [2.75, 3.05) is 23.8 Å². The van der Waals surface area contributed by atoms with Crippen LogP contribution in [0.25, 0.3) is 0 Å². The van der Waals surface area contributed by atoms with Crippen molar-refractivity contribution < 1.29 is 24.0 Å². The number of para-hydroxylation sites is 1. The molecule has 0 aliphatic carbocycles. The number of rotatable bonds is 8. The van der Waals surface area contributed by atoms with Crippen LogP contribution in [0.2, 0.25) is 0 Å². The van der Waals surface area contributed by atoms with E-state index in [1.165, 1.54) is 6.07 Å². The highest BCUT2D eigenvalue weighted by Gasteiger charge is 2.31. The van der Waals surface area contributed by atoms with E-state index in [9.17, 15) is 19.6 Å². The van der Waals surface area contributed by atoms with Crippen molar-refractivity contribution in [3.05, 3.63) is 47.4 Å². The third-order valence-electron chi connectivity index (χ3n) is 5.76. The molecule has 0 spiro atoms. The first-order chi connectivity index (χ1) is 15.9. The molecule has 2 aromatic heterocycles. The number of aromatic hydroxyl groups is 1. The molecule has 1 amide bonds. The normalized spacial score (nSPS) is 17.3. The molecule has 3 aromatic rings. The number of furan rings is 1. The molecule has 3 atom stereocenters. The zero-order valence-electron chi connectivity index (χ0n) is 18.4. The maximum Gasteiger partial charge on any atom is 0.258 e. The fraction of sp³-hybridized carbons (Fsp3) is 0.409. The molecule has 1 fully saturated rings. The molecule has 1 aliphatic heterocycles. The molecule has 0 radical (unpaired) electrons. The summed E-state index contributed by atoms with van der Waals surface area (Å²) in [5, 5.41) is 26.5. The quantitative estimate of drug-likeness (QED) is 0.284. The van der Waals surface area contributed by atoms with Gasteiger partial charge in [0.15, 0.2) is 16.9 Å². The molecule has 1 aliphatic rings. The molecule has 1 unspecified atom stereocenters. The summed E-state index contributed by atoms with van der Waals surface area (Å²) in [5.74, 6) is 1.35. The number of phenols is 1. The number of aromatic nitrogens is 2. The topological polar surface area (TPSA) is 147 Å². The van der Waals surface area contributed by atoms with Crippen molar-refractivity contribution in [1.29, 1.82) is 0 Å². The molecule has 176 valence electrons. The zero-order valence-corrected chi connectivity index (χ0v) is 19.3. The van der Waals surface area contributed by atoms with Gasteiger partial charge in [-0.1, -0.05) is 13.0 Å². The minimum Gasteiger partial charge on any atom is -0.546 e.